The van der Waals surface area contributed by atoms with Gasteiger partial charge >= 0.3 is 0 Å². The summed E-state index contributed by atoms with van der Waals surface area (Å²) in [6, 6.07) is 5.80. The minimum atomic E-state index is 0.616. The first-order chi connectivity index (χ1) is 5.93. The summed E-state index contributed by atoms with van der Waals surface area (Å²) in [6.07, 6.45) is 3.32. The number of rotatable bonds is 5. The number of carbonyl (C=O) groups excluding carboxylic acids is 1. The fourth-order valence-electron chi connectivity index (χ4n) is 0.595. The second-order valence-corrected chi connectivity index (χ2v) is 4.46. The van der Waals surface area contributed by atoms with Gasteiger partial charge in [0.25, 0.3) is 0 Å². The maximum atomic E-state index is 9.98. The van der Waals surface area contributed by atoms with Gasteiger partial charge in [-0.1, -0.05) is 16.9 Å². The lowest BCUT2D eigenvalue weighted by atomic mass is 10.5. The largest absolute Gasteiger partial charge is 0.303 e. The molecule has 1 aromatic heterocycles. The van der Waals surface area contributed by atoms with Gasteiger partial charge < -0.3 is 4.79 Å². The summed E-state index contributed by atoms with van der Waals surface area (Å²) in [6.45, 7) is 0. The molecule has 4 heteroatoms. The molecule has 2 nitrogen and oxygen atoms in total. The molecular formula is C8H9NOS2. The lowest BCUT2D eigenvalue weighted by Crippen LogP contribution is -1.78. The van der Waals surface area contributed by atoms with Gasteiger partial charge in [-0.3, -0.25) is 0 Å². The number of carbonyl (C=O) groups is 1. The normalized spacial score (nSPS) is 9.67. The van der Waals surface area contributed by atoms with Gasteiger partial charge in [0, 0.05) is 18.4 Å². The number of hydrogen-bond donors (Lipinski definition) is 0. The summed E-state index contributed by atoms with van der Waals surface area (Å²) in [7, 11) is 3.26. The highest BCUT2D eigenvalue weighted by molar-refractivity contribution is 8.76. The van der Waals surface area contributed by atoms with E-state index < -0.39 is 0 Å². The van der Waals surface area contributed by atoms with Gasteiger partial charge in [-0.2, -0.15) is 0 Å². The molecule has 0 aromatic carbocycles. The molecule has 0 aliphatic rings. The van der Waals surface area contributed by atoms with Crippen LogP contribution in [0.1, 0.15) is 6.42 Å². The SMILES string of the molecule is O=CCCSSc1ccccn1. The van der Waals surface area contributed by atoms with Crippen LogP contribution >= 0.6 is 21.6 Å². The van der Waals surface area contributed by atoms with Crippen LogP contribution in [0.25, 0.3) is 0 Å². The monoisotopic (exact) mass is 199 g/mol. The van der Waals surface area contributed by atoms with Crippen molar-refractivity contribution in [3.63, 3.8) is 0 Å². The summed E-state index contributed by atoms with van der Waals surface area (Å²) >= 11 is 0. The van der Waals surface area contributed by atoms with Gasteiger partial charge in [-0.05, 0) is 22.9 Å². The highest BCUT2D eigenvalue weighted by Crippen LogP contribution is 2.28. The minimum Gasteiger partial charge on any atom is -0.303 e. The van der Waals surface area contributed by atoms with E-state index in [9.17, 15) is 4.79 Å². The second-order valence-electron chi connectivity index (χ2n) is 2.03. The van der Waals surface area contributed by atoms with Crippen molar-refractivity contribution in [2.75, 3.05) is 5.75 Å². The predicted octanol–water partition coefficient (Wildman–Crippen LogP) is 2.41. The van der Waals surface area contributed by atoms with E-state index in [0.717, 1.165) is 17.1 Å². The summed E-state index contributed by atoms with van der Waals surface area (Å²) in [5.41, 5.74) is 0. The summed E-state index contributed by atoms with van der Waals surface area (Å²) in [4.78, 5) is 14.1. The first-order valence-corrected chi connectivity index (χ1v) is 5.89. The third-order valence-electron chi connectivity index (χ3n) is 1.10. The zero-order valence-electron chi connectivity index (χ0n) is 6.47. The Morgan fingerprint density at radius 3 is 3.08 bits per heavy atom. The van der Waals surface area contributed by atoms with E-state index >= 15 is 0 Å². The molecule has 0 bridgehead atoms. The van der Waals surface area contributed by atoms with Gasteiger partial charge in [0.05, 0.1) is 0 Å². The average molecular weight is 199 g/mol. The lowest BCUT2D eigenvalue weighted by molar-refractivity contribution is -0.107. The number of aromatic nitrogens is 1. The smallest absolute Gasteiger partial charge is 0.120 e. The summed E-state index contributed by atoms with van der Waals surface area (Å²) < 4.78 is 0. The number of pyridine rings is 1. The lowest BCUT2D eigenvalue weighted by Gasteiger charge is -1.95. The highest BCUT2D eigenvalue weighted by Gasteiger charge is 1.93. The molecule has 1 rings (SSSR count). The first-order valence-electron chi connectivity index (χ1n) is 3.57. The van der Waals surface area contributed by atoms with Crippen LogP contribution in [0.2, 0.25) is 0 Å². The van der Waals surface area contributed by atoms with Crippen molar-refractivity contribution in [2.45, 2.75) is 11.4 Å². The van der Waals surface area contributed by atoms with E-state index in [4.69, 9.17) is 0 Å². The fraction of sp³-hybridized carbons (Fsp3) is 0.250. The topological polar surface area (TPSA) is 30.0 Å². The van der Waals surface area contributed by atoms with Crippen molar-refractivity contribution in [3.8, 4) is 0 Å². The molecule has 0 atom stereocenters. The molecule has 1 heterocycles. The van der Waals surface area contributed by atoms with E-state index in [2.05, 4.69) is 4.98 Å². The second kappa shape index (κ2) is 6.08. The van der Waals surface area contributed by atoms with Crippen molar-refractivity contribution in [3.05, 3.63) is 24.4 Å². The van der Waals surface area contributed by atoms with Crippen LogP contribution in [0, 0.1) is 0 Å². The minimum absolute atomic E-state index is 0.616. The van der Waals surface area contributed by atoms with Crippen molar-refractivity contribution in [1.29, 1.82) is 0 Å². The Balaban J connectivity index is 2.20. The molecule has 0 saturated carbocycles. The zero-order valence-corrected chi connectivity index (χ0v) is 8.11. The van der Waals surface area contributed by atoms with E-state index in [-0.39, 0.29) is 0 Å². The van der Waals surface area contributed by atoms with Crippen molar-refractivity contribution >= 4 is 27.9 Å². The maximum Gasteiger partial charge on any atom is 0.120 e. The van der Waals surface area contributed by atoms with Crippen molar-refractivity contribution in [2.24, 2.45) is 0 Å². The molecule has 0 aliphatic carbocycles. The van der Waals surface area contributed by atoms with Crippen LogP contribution in [0.5, 0.6) is 0 Å². The van der Waals surface area contributed by atoms with Gasteiger partial charge in [-0.25, -0.2) is 4.98 Å². The molecular weight excluding hydrogens is 190 g/mol. The molecule has 0 fully saturated rings. The molecule has 0 saturated heterocycles. The molecule has 0 aliphatic heterocycles. The van der Waals surface area contributed by atoms with E-state index in [1.54, 1.807) is 27.8 Å². The predicted molar refractivity (Wildman–Crippen MR) is 53.2 cm³/mol. The van der Waals surface area contributed by atoms with Crippen molar-refractivity contribution in [1.82, 2.24) is 4.98 Å². The number of hydrogen-bond acceptors (Lipinski definition) is 4. The van der Waals surface area contributed by atoms with Gasteiger partial charge in [0.1, 0.15) is 11.3 Å². The number of nitrogens with zero attached hydrogens (tertiary/aromatic N) is 1. The molecule has 1 aromatic rings. The Labute approximate surface area is 79.6 Å². The zero-order chi connectivity index (χ0) is 8.65. The van der Waals surface area contributed by atoms with Gasteiger partial charge in [0.15, 0.2) is 0 Å². The third kappa shape index (κ3) is 3.78. The van der Waals surface area contributed by atoms with E-state index in [1.165, 1.54) is 0 Å². The molecule has 12 heavy (non-hydrogen) atoms. The van der Waals surface area contributed by atoms with Crippen LogP contribution in [-0.4, -0.2) is 17.0 Å². The Morgan fingerprint density at radius 2 is 2.42 bits per heavy atom. The third-order valence-corrected chi connectivity index (χ3v) is 3.40. The Bertz CT molecular complexity index is 228. The Kier molecular flexibility index (Phi) is 4.87. The van der Waals surface area contributed by atoms with E-state index in [0.29, 0.717) is 6.42 Å². The van der Waals surface area contributed by atoms with Crippen LogP contribution in [0.4, 0.5) is 0 Å². The van der Waals surface area contributed by atoms with Gasteiger partial charge in [0.2, 0.25) is 0 Å². The molecule has 64 valence electrons. The van der Waals surface area contributed by atoms with Gasteiger partial charge in [-0.15, -0.1) is 0 Å². The Morgan fingerprint density at radius 1 is 1.50 bits per heavy atom. The highest BCUT2D eigenvalue weighted by atomic mass is 33.1. The van der Waals surface area contributed by atoms with Crippen LogP contribution in [0.15, 0.2) is 29.4 Å². The first kappa shape index (κ1) is 9.61. The van der Waals surface area contributed by atoms with Crippen LogP contribution in [0.3, 0.4) is 0 Å². The molecule has 0 radical (unpaired) electrons. The molecule has 0 spiro atoms. The van der Waals surface area contributed by atoms with Crippen LogP contribution < -0.4 is 0 Å². The number of aldehydes is 1. The maximum absolute atomic E-state index is 9.98. The fourth-order valence-corrected chi connectivity index (χ4v) is 2.43. The van der Waals surface area contributed by atoms with Crippen LogP contribution in [-0.2, 0) is 4.79 Å². The van der Waals surface area contributed by atoms with Crippen molar-refractivity contribution < 1.29 is 4.79 Å². The molecule has 0 unspecified atom stereocenters. The molecule has 0 amide bonds. The summed E-state index contributed by atoms with van der Waals surface area (Å²) in [5, 5.41) is 0.994. The quantitative estimate of drug-likeness (QED) is 0.414. The average Bonchev–Trinajstić information content (AvgIpc) is 2.14. The summed E-state index contributed by atoms with van der Waals surface area (Å²) in [5.74, 6) is 0.852. The molecule has 0 N–H and O–H groups in total. The standard InChI is InChI=1S/C8H9NOS2/c10-6-3-7-11-12-8-4-1-2-5-9-8/h1-2,4-6H,3,7H2. The van der Waals surface area contributed by atoms with E-state index in [1.807, 2.05) is 18.2 Å². The Hall–Kier alpha value is -0.480.